The topological polar surface area (TPSA) is 68.3 Å². The Morgan fingerprint density at radius 2 is 1.73 bits per heavy atom. The van der Waals surface area contributed by atoms with Crippen LogP contribution in [0.3, 0.4) is 0 Å². The zero-order valence-corrected chi connectivity index (χ0v) is 17.2. The van der Waals surface area contributed by atoms with E-state index < -0.39 is 12.1 Å². The van der Waals surface area contributed by atoms with Crippen molar-refractivity contribution in [2.24, 2.45) is 0 Å². The van der Waals surface area contributed by atoms with Crippen LogP contribution in [-0.4, -0.2) is 23.0 Å². The van der Waals surface area contributed by atoms with Gasteiger partial charge in [-0.15, -0.1) is 0 Å². The van der Waals surface area contributed by atoms with Gasteiger partial charge in [0.15, 0.2) is 6.10 Å². The molecule has 1 amide bonds. The maximum Gasteiger partial charge on any atom is 0.339 e. The smallest absolute Gasteiger partial charge is 0.339 e. The van der Waals surface area contributed by atoms with Gasteiger partial charge in [-0.1, -0.05) is 55.0 Å². The van der Waals surface area contributed by atoms with Crippen LogP contribution >= 0.6 is 0 Å². The molecule has 154 valence electrons. The molecule has 1 heterocycles. The first-order valence-corrected chi connectivity index (χ1v) is 10.6. The molecule has 0 saturated carbocycles. The van der Waals surface area contributed by atoms with E-state index in [1.165, 1.54) is 0 Å². The van der Waals surface area contributed by atoms with Gasteiger partial charge >= 0.3 is 5.97 Å². The molecule has 30 heavy (non-hydrogen) atoms. The molecule has 5 heteroatoms. The van der Waals surface area contributed by atoms with Crippen molar-refractivity contribution in [2.75, 3.05) is 0 Å². The maximum atomic E-state index is 13.2. The fourth-order valence-corrected chi connectivity index (χ4v) is 3.98. The van der Waals surface area contributed by atoms with E-state index in [0.717, 1.165) is 59.8 Å². The number of esters is 1. The van der Waals surface area contributed by atoms with E-state index in [4.69, 9.17) is 9.72 Å². The lowest BCUT2D eigenvalue weighted by Crippen LogP contribution is -2.35. The molecule has 0 radical (unpaired) electrons. The fraction of sp³-hybridized carbons (Fsp3) is 0.320. The Hall–Kier alpha value is -3.21. The number of aromatic nitrogens is 1. The SMILES string of the molecule is C[C@@H](OC(=O)c1c2c(nc3ccccc13)CCCCC2)C(=O)NCc1ccccc1. The van der Waals surface area contributed by atoms with Gasteiger partial charge < -0.3 is 10.1 Å². The van der Waals surface area contributed by atoms with Gasteiger partial charge in [0.05, 0.1) is 11.1 Å². The molecule has 5 nitrogen and oxygen atoms in total. The fourth-order valence-electron chi connectivity index (χ4n) is 3.98. The van der Waals surface area contributed by atoms with Gasteiger partial charge in [0.2, 0.25) is 0 Å². The van der Waals surface area contributed by atoms with E-state index >= 15 is 0 Å². The quantitative estimate of drug-likeness (QED) is 0.508. The number of nitrogens with zero attached hydrogens (tertiary/aromatic N) is 1. The summed E-state index contributed by atoms with van der Waals surface area (Å²) < 4.78 is 5.62. The minimum Gasteiger partial charge on any atom is -0.449 e. The lowest BCUT2D eigenvalue weighted by molar-refractivity contribution is -0.129. The van der Waals surface area contributed by atoms with Crippen LogP contribution in [-0.2, 0) is 28.9 Å². The Bertz CT molecular complexity index is 1060. The molecular weight excluding hydrogens is 376 g/mol. The van der Waals surface area contributed by atoms with Gasteiger partial charge in [-0.25, -0.2) is 4.79 Å². The Labute approximate surface area is 176 Å². The third-order valence-corrected chi connectivity index (χ3v) is 5.59. The second-order valence-electron chi connectivity index (χ2n) is 7.74. The van der Waals surface area contributed by atoms with Gasteiger partial charge in [0, 0.05) is 17.6 Å². The van der Waals surface area contributed by atoms with Crippen LogP contribution < -0.4 is 5.32 Å². The highest BCUT2D eigenvalue weighted by molar-refractivity contribution is 6.05. The Kier molecular flexibility index (Phi) is 6.07. The number of para-hydroxylation sites is 1. The van der Waals surface area contributed by atoms with E-state index in [1.54, 1.807) is 6.92 Å². The second kappa shape index (κ2) is 9.08. The molecule has 0 saturated heterocycles. The summed E-state index contributed by atoms with van der Waals surface area (Å²) in [6, 6.07) is 17.3. The monoisotopic (exact) mass is 402 g/mol. The largest absolute Gasteiger partial charge is 0.449 e. The van der Waals surface area contributed by atoms with E-state index in [0.29, 0.717) is 12.1 Å². The molecule has 1 aliphatic rings. The van der Waals surface area contributed by atoms with E-state index in [1.807, 2.05) is 54.6 Å². The predicted molar refractivity (Wildman–Crippen MR) is 116 cm³/mol. The average Bonchev–Trinajstić information content (AvgIpc) is 3.01. The average molecular weight is 402 g/mol. The second-order valence-corrected chi connectivity index (χ2v) is 7.74. The molecule has 0 fully saturated rings. The number of benzene rings is 2. The molecule has 0 unspecified atom stereocenters. The Balaban J connectivity index is 1.55. The van der Waals surface area contributed by atoms with Crippen molar-refractivity contribution in [3.05, 3.63) is 77.0 Å². The van der Waals surface area contributed by atoms with Crippen LogP contribution in [0.25, 0.3) is 10.9 Å². The summed E-state index contributed by atoms with van der Waals surface area (Å²) in [5.74, 6) is -0.759. The van der Waals surface area contributed by atoms with Crippen molar-refractivity contribution in [1.82, 2.24) is 10.3 Å². The zero-order valence-electron chi connectivity index (χ0n) is 17.2. The number of pyridine rings is 1. The number of aryl methyl sites for hydroxylation is 1. The molecule has 1 atom stereocenters. The van der Waals surface area contributed by atoms with Gasteiger partial charge in [-0.2, -0.15) is 0 Å². The van der Waals surface area contributed by atoms with Gasteiger partial charge in [-0.3, -0.25) is 9.78 Å². The molecule has 4 rings (SSSR count). The number of amides is 1. The highest BCUT2D eigenvalue weighted by Crippen LogP contribution is 2.29. The molecule has 0 aliphatic heterocycles. The number of fused-ring (bicyclic) bond motifs is 2. The maximum absolute atomic E-state index is 13.2. The lowest BCUT2D eigenvalue weighted by Gasteiger charge is -2.18. The van der Waals surface area contributed by atoms with E-state index in [2.05, 4.69) is 5.32 Å². The Morgan fingerprint density at radius 1 is 1.00 bits per heavy atom. The third kappa shape index (κ3) is 4.35. The van der Waals surface area contributed by atoms with Crippen LogP contribution in [0.5, 0.6) is 0 Å². The van der Waals surface area contributed by atoms with Gasteiger partial charge in [-0.05, 0) is 49.8 Å². The summed E-state index contributed by atoms with van der Waals surface area (Å²) in [4.78, 5) is 30.5. The first kappa shape index (κ1) is 20.1. The highest BCUT2D eigenvalue weighted by Gasteiger charge is 2.26. The third-order valence-electron chi connectivity index (χ3n) is 5.59. The molecule has 2 aromatic carbocycles. The number of hydrogen-bond donors (Lipinski definition) is 1. The van der Waals surface area contributed by atoms with Crippen molar-refractivity contribution in [3.63, 3.8) is 0 Å². The molecule has 1 aromatic heterocycles. The number of rotatable bonds is 5. The van der Waals surface area contributed by atoms with E-state index in [9.17, 15) is 9.59 Å². The molecule has 1 aliphatic carbocycles. The summed E-state index contributed by atoms with van der Waals surface area (Å²) in [5.41, 5.74) is 4.33. The summed E-state index contributed by atoms with van der Waals surface area (Å²) in [5, 5.41) is 3.63. The normalized spacial score (nSPS) is 14.4. The lowest BCUT2D eigenvalue weighted by atomic mass is 9.97. The molecule has 0 bridgehead atoms. The van der Waals surface area contributed by atoms with Crippen molar-refractivity contribution < 1.29 is 14.3 Å². The van der Waals surface area contributed by atoms with Crippen LogP contribution in [0.4, 0.5) is 0 Å². The van der Waals surface area contributed by atoms with Crippen LogP contribution in [0.2, 0.25) is 0 Å². The number of nitrogens with one attached hydrogen (secondary N) is 1. The number of hydrogen-bond acceptors (Lipinski definition) is 4. The molecule has 1 N–H and O–H groups in total. The van der Waals surface area contributed by atoms with Crippen LogP contribution in [0, 0.1) is 0 Å². The van der Waals surface area contributed by atoms with Crippen molar-refractivity contribution in [1.29, 1.82) is 0 Å². The summed E-state index contributed by atoms with van der Waals surface area (Å²) >= 11 is 0. The van der Waals surface area contributed by atoms with Gasteiger partial charge in [0.25, 0.3) is 5.91 Å². The number of carbonyl (C=O) groups is 2. The first-order chi connectivity index (χ1) is 14.6. The van der Waals surface area contributed by atoms with Crippen molar-refractivity contribution in [3.8, 4) is 0 Å². The minimum atomic E-state index is -0.880. The van der Waals surface area contributed by atoms with Gasteiger partial charge in [0.1, 0.15) is 0 Å². The molecular formula is C25H26N2O3. The summed E-state index contributed by atoms with van der Waals surface area (Å²) in [6.07, 6.45) is 4.03. The Morgan fingerprint density at radius 3 is 2.57 bits per heavy atom. The number of ether oxygens (including phenoxy) is 1. The summed E-state index contributed by atoms with van der Waals surface area (Å²) in [6.45, 7) is 2.01. The van der Waals surface area contributed by atoms with Crippen molar-refractivity contribution in [2.45, 2.75) is 51.7 Å². The first-order valence-electron chi connectivity index (χ1n) is 10.6. The number of carbonyl (C=O) groups excluding carboxylic acids is 2. The standard InChI is InChI=1S/C25H26N2O3/c1-17(24(28)26-16-18-10-4-2-5-11-18)30-25(29)23-19-12-6-3-7-14-21(19)27-22-15-9-8-13-20(22)23/h2,4-5,8-11,13,15,17H,3,6-7,12,14,16H2,1H3,(H,26,28)/t17-/m1/s1. The van der Waals surface area contributed by atoms with Crippen LogP contribution in [0.1, 0.15) is 53.4 Å². The summed E-state index contributed by atoms with van der Waals surface area (Å²) in [7, 11) is 0. The highest BCUT2D eigenvalue weighted by atomic mass is 16.5. The zero-order chi connectivity index (χ0) is 20.9. The van der Waals surface area contributed by atoms with E-state index in [-0.39, 0.29) is 5.91 Å². The minimum absolute atomic E-state index is 0.309. The molecule has 3 aromatic rings. The van der Waals surface area contributed by atoms with Crippen LogP contribution in [0.15, 0.2) is 54.6 Å². The molecule has 0 spiro atoms. The predicted octanol–water partition coefficient (Wildman–Crippen LogP) is 4.37. The van der Waals surface area contributed by atoms with Crippen molar-refractivity contribution >= 4 is 22.8 Å².